The number of rotatable bonds is 14. The number of allylic oxidation sites excluding steroid dienone is 12. The van der Waals surface area contributed by atoms with Crippen LogP contribution in [-0.2, 0) is 39.8 Å². The number of Topliss-reactive ketones (excluding diaryl/α,β-unsaturated/α-hetero) is 2. The lowest BCUT2D eigenvalue weighted by Crippen LogP contribution is -2.62. The van der Waals surface area contributed by atoms with E-state index < -0.39 is 160 Å². The van der Waals surface area contributed by atoms with Crippen LogP contribution < -0.4 is 16.4 Å². The molecule has 2 saturated heterocycles. The van der Waals surface area contributed by atoms with Gasteiger partial charge in [-0.1, -0.05) is 105 Å². The number of nitrogens with two attached hydrogens (primary N) is 1. The molecule has 19 atom stereocenters. The Morgan fingerprint density at radius 2 is 1.34 bits per heavy atom. The van der Waals surface area contributed by atoms with Crippen LogP contribution in [0.4, 0.5) is 5.69 Å². The molecule has 2 fully saturated rings. The summed E-state index contributed by atoms with van der Waals surface area (Å²) in [7, 11) is 1.77. The molecule has 22 heteroatoms. The maximum absolute atomic E-state index is 14.0. The number of aromatic nitrogens is 1. The summed E-state index contributed by atoms with van der Waals surface area (Å²) in [6, 6.07) is 11.1. The van der Waals surface area contributed by atoms with Crippen molar-refractivity contribution in [1.82, 2.24) is 10.3 Å². The average Bonchev–Trinajstić information content (AvgIpc) is 0.946. The molecular formula is C66H94N4O18. The van der Waals surface area contributed by atoms with Crippen LogP contribution >= 0.6 is 0 Å². The van der Waals surface area contributed by atoms with Crippen LogP contribution in [-0.4, -0.2) is 191 Å². The molecule has 5 rings (SSSR count). The minimum Gasteiger partial charge on any atom is -0.461 e. The highest BCUT2D eigenvalue weighted by molar-refractivity contribution is 5.96. The van der Waals surface area contributed by atoms with Crippen molar-refractivity contribution >= 4 is 29.1 Å². The van der Waals surface area contributed by atoms with Gasteiger partial charge in [0.05, 0.1) is 85.5 Å². The molecule has 3 aliphatic rings. The summed E-state index contributed by atoms with van der Waals surface area (Å²) >= 11 is 0. The molecule has 22 nitrogen and oxygen atoms in total. The normalized spacial score (nSPS) is 34.9. The highest BCUT2D eigenvalue weighted by Crippen LogP contribution is 2.38. The van der Waals surface area contributed by atoms with Gasteiger partial charge in [0, 0.05) is 87.6 Å². The number of cyclic esters (lactones) is 1. The number of hydrogen-bond donors (Lipinski definition) is 13. The molecule has 1 aromatic carbocycles. The monoisotopic (exact) mass is 1230 g/mol. The molecule has 2 aromatic rings. The lowest BCUT2D eigenvalue weighted by Gasteiger charge is -2.46. The van der Waals surface area contributed by atoms with Gasteiger partial charge in [-0.15, -0.1) is 0 Å². The third-order valence-electron chi connectivity index (χ3n) is 15.8. The summed E-state index contributed by atoms with van der Waals surface area (Å²) in [5, 5.41) is 117. The van der Waals surface area contributed by atoms with Gasteiger partial charge in [-0.3, -0.25) is 24.2 Å². The molecular weight excluding hydrogens is 1140 g/mol. The number of carbonyl (C=O) groups excluding carboxylic acids is 4. The number of nitrogens with one attached hydrogen (secondary N) is 2. The number of nitrogens with zero attached hydrogens (tertiary/aromatic N) is 1. The molecule has 19 unspecified atom stereocenters. The van der Waals surface area contributed by atoms with Crippen molar-refractivity contribution in [3.63, 3.8) is 0 Å². The third-order valence-corrected chi connectivity index (χ3v) is 15.8. The van der Waals surface area contributed by atoms with Crippen molar-refractivity contribution in [2.24, 2.45) is 23.5 Å². The molecule has 88 heavy (non-hydrogen) atoms. The van der Waals surface area contributed by atoms with Gasteiger partial charge in [-0.2, -0.15) is 0 Å². The molecule has 0 radical (unpaired) electrons. The highest BCUT2D eigenvalue weighted by atomic mass is 16.7. The van der Waals surface area contributed by atoms with Gasteiger partial charge in [0.15, 0.2) is 17.9 Å². The van der Waals surface area contributed by atoms with E-state index in [1.165, 1.54) is 0 Å². The summed E-state index contributed by atoms with van der Waals surface area (Å²) in [5.41, 5.74) is 8.16. The van der Waals surface area contributed by atoms with Crippen LogP contribution in [0.15, 0.2) is 134 Å². The molecule has 1 aromatic heterocycles. The van der Waals surface area contributed by atoms with E-state index >= 15 is 0 Å². The summed E-state index contributed by atoms with van der Waals surface area (Å²) < 4.78 is 24.4. The van der Waals surface area contributed by atoms with Crippen LogP contribution in [0.25, 0.3) is 0 Å². The van der Waals surface area contributed by atoms with E-state index in [1.54, 1.807) is 142 Å². The number of esters is 1. The standard InChI is InChI=1S/C66H94N4O18/c1-41-19-15-13-11-9-7-5-6-8-10-12-14-16-21-54(86-65-62(82)60(67)61(81)43(3)85-65)38-57-59(64(83)70-30-28-46-20-17-18-29-69-46)56(79)40-66(84,88-57)39-53(77)35-51(75)33-49(73)31-48(72)32-50(74)34-52(76)37-58(80)87-63(41)42(2)22-27-47(71)36-55(78)44-23-25-45(68-4)26-24-44/h5-21,23-26,29,41-43,47-49,51-54,56-57,59-63,65,68,71-73,75-77,79,81-82,84H,22,27-28,30-40,67H2,1-4H3,(H,70,83)/b6-5?,9-7?,10-8+,13-11+,14-12+,19-15+,21-16+. The number of ether oxygens (including phenoxy) is 4. The van der Waals surface area contributed by atoms with Crippen LogP contribution in [0.5, 0.6) is 0 Å². The number of aliphatic hydroxyl groups excluding tert-OH is 9. The Bertz CT molecular complexity index is 2670. The van der Waals surface area contributed by atoms with Gasteiger partial charge < -0.3 is 86.4 Å². The van der Waals surface area contributed by atoms with Crippen molar-refractivity contribution in [3.05, 3.63) is 145 Å². The van der Waals surface area contributed by atoms with E-state index in [0.29, 0.717) is 24.1 Å². The van der Waals surface area contributed by atoms with E-state index in [0.717, 1.165) is 5.69 Å². The van der Waals surface area contributed by atoms with E-state index in [9.17, 15) is 70.2 Å². The predicted octanol–water partition coefficient (Wildman–Crippen LogP) is 3.42. The van der Waals surface area contributed by atoms with Crippen molar-refractivity contribution in [2.75, 3.05) is 18.9 Å². The Hall–Kier alpha value is -5.93. The Morgan fingerprint density at radius 3 is 1.97 bits per heavy atom. The SMILES string of the molecule is CNc1ccc(C(=O)CC(O)CCC(C)C2OC(=O)CC(O)CC(=O)CC(O)CC(O)CC(O)CC(O)CC3(O)CC(O)C(C(=O)NCCc4ccccn4)C(CC(OC4OC(C)C(O)C(N)C4O)/C=C/C=C/C=C/C=CC=C/C=C/C=C/C2C)O3)cc1. The topological polar surface area (TPSA) is 370 Å². The Kier molecular flexibility index (Phi) is 30.8. The second-order valence-corrected chi connectivity index (χ2v) is 23.4. The largest absolute Gasteiger partial charge is 0.461 e. The minimum atomic E-state index is -2.30. The minimum absolute atomic E-state index is 0.105. The first-order valence-electron chi connectivity index (χ1n) is 30.4. The van der Waals surface area contributed by atoms with Crippen LogP contribution in [0, 0.1) is 17.8 Å². The number of carbonyl (C=O) groups is 4. The second kappa shape index (κ2) is 37.3. The van der Waals surface area contributed by atoms with Gasteiger partial charge in [-0.25, -0.2) is 0 Å². The average molecular weight is 1230 g/mol. The first kappa shape index (κ1) is 72.8. The predicted molar refractivity (Wildman–Crippen MR) is 328 cm³/mol. The molecule has 0 saturated carbocycles. The summed E-state index contributed by atoms with van der Waals surface area (Å²) in [6.45, 7) is 5.39. The van der Waals surface area contributed by atoms with E-state index in [-0.39, 0.29) is 56.3 Å². The fourth-order valence-electron chi connectivity index (χ4n) is 11.1. The van der Waals surface area contributed by atoms with Crippen molar-refractivity contribution in [1.29, 1.82) is 0 Å². The fraction of sp³-hybridized carbons (Fsp3) is 0.561. The Morgan fingerprint density at radius 1 is 0.739 bits per heavy atom. The smallest absolute Gasteiger partial charge is 0.308 e. The van der Waals surface area contributed by atoms with Crippen LogP contribution in [0.2, 0.25) is 0 Å². The summed E-state index contributed by atoms with van der Waals surface area (Å²) in [4.78, 5) is 57.7. The van der Waals surface area contributed by atoms with Crippen molar-refractivity contribution < 1.29 is 89.2 Å². The number of pyridine rings is 1. The van der Waals surface area contributed by atoms with Gasteiger partial charge in [-0.05, 0) is 81.3 Å². The molecule has 14 N–H and O–H groups in total. The zero-order valence-corrected chi connectivity index (χ0v) is 50.8. The number of aliphatic hydroxyl groups is 10. The van der Waals surface area contributed by atoms with Crippen LogP contribution in [0.1, 0.15) is 114 Å². The summed E-state index contributed by atoms with van der Waals surface area (Å²) in [6.07, 6.45) is 4.97. The fourth-order valence-corrected chi connectivity index (χ4v) is 11.1. The lowest BCUT2D eigenvalue weighted by atomic mass is 9.82. The number of amides is 1. The number of benzene rings is 1. The second-order valence-electron chi connectivity index (χ2n) is 23.4. The first-order chi connectivity index (χ1) is 41.9. The molecule has 486 valence electrons. The zero-order valence-electron chi connectivity index (χ0n) is 50.8. The number of ketones is 2. The molecule has 4 heterocycles. The number of fused-ring (bicyclic) bond motifs is 2. The molecule has 3 aliphatic heterocycles. The van der Waals surface area contributed by atoms with Crippen molar-refractivity contribution in [3.8, 4) is 0 Å². The third kappa shape index (κ3) is 25.2. The quantitative estimate of drug-likeness (QED) is 0.0952. The van der Waals surface area contributed by atoms with Crippen LogP contribution in [0.3, 0.4) is 0 Å². The molecule has 1 amide bonds. The number of hydrogen-bond acceptors (Lipinski definition) is 21. The summed E-state index contributed by atoms with van der Waals surface area (Å²) in [5.74, 6) is -6.57. The van der Waals surface area contributed by atoms with E-state index in [4.69, 9.17) is 24.7 Å². The molecule has 2 bridgehead atoms. The van der Waals surface area contributed by atoms with Gasteiger partial charge in [0.25, 0.3) is 0 Å². The van der Waals surface area contributed by atoms with Gasteiger partial charge in [0.1, 0.15) is 18.0 Å². The first-order valence-corrected chi connectivity index (χ1v) is 30.4. The maximum Gasteiger partial charge on any atom is 0.308 e. The maximum atomic E-state index is 14.0. The van der Waals surface area contributed by atoms with Gasteiger partial charge in [0.2, 0.25) is 5.91 Å². The van der Waals surface area contributed by atoms with Crippen molar-refractivity contribution in [2.45, 2.75) is 202 Å². The van der Waals surface area contributed by atoms with E-state index in [1.807, 2.05) is 19.9 Å². The molecule has 0 aliphatic carbocycles. The van der Waals surface area contributed by atoms with Gasteiger partial charge >= 0.3 is 5.97 Å². The zero-order chi connectivity index (χ0) is 64.3. The molecule has 0 spiro atoms. The highest BCUT2D eigenvalue weighted by Gasteiger charge is 2.51. The van der Waals surface area contributed by atoms with E-state index in [2.05, 4.69) is 15.6 Å². The lowest BCUT2D eigenvalue weighted by molar-refractivity contribution is -0.307. The Labute approximate surface area is 515 Å². The number of anilines is 1. The Balaban J connectivity index is 1.35.